The molecule has 48 heavy (non-hydrogen) atoms. The van der Waals surface area contributed by atoms with Gasteiger partial charge in [-0.1, -0.05) is 122 Å². The van der Waals surface area contributed by atoms with Crippen molar-refractivity contribution in [2.24, 2.45) is 5.41 Å². The SMILES string of the molecule is CC(F)(F)c1cc(-c2nn(C(c3ccccc3)(c3ccccc3)c3ccccc3)c3ccccc23)ccn1.O=C1NNCC12CCCC2. The van der Waals surface area contributed by atoms with Crippen LogP contribution in [0, 0.1) is 5.41 Å². The third-order valence-electron chi connectivity index (χ3n) is 9.63. The van der Waals surface area contributed by atoms with Crippen molar-refractivity contribution in [2.75, 3.05) is 6.54 Å². The van der Waals surface area contributed by atoms with E-state index in [-0.39, 0.29) is 17.0 Å². The normalized spacial score (nSPS) is 15.7. The molecule has 3 heterocycles. The number of nitrogens with zero attached hydrogens (tertiary/aromatic N) is 3. The van der Waals surface area contributed by atoms with Crippen LogP contribution in [0.15, 0.2) is 134 Å². The zero-order valence-corrected chi connectivity index (χ0v) is 26.7. The second-order valence-corrected chi connectivity index (χ2v) is 12.7. The van der Waals surface area contributed by atoms with Crippen LogP contribution in [0.4, 0.5) is 8.78 Å². The number of amides is 1. The van der Waals surface area contributed by atoms with Crippen LogP contribution in [0.1, 0.15) is 55.0 Å². The number of benzene rings is 4. The molecule has 2 N–H and O–H groups in total. The fraction of sp³-hybridized carbons (Fsp3) is 0.225. The van der Waals surface area contributed by atoms with Crippen LogP contribution in [0.5, 0.6) is 0 Å². The zero-order valence-electron chi connectivity index (χ0n) is 26.7. The highest BCUT2D eigenvalue weighted by atomic mass is 19.3. The Morgan fingerprint density at radius 3 is 1.81 bits per heavy atom. The van der Waals surface area contributed by atoms with Crippen LogP contribution >= 0.6 is 0 Å². The number of hydrogen-bond donors (Lipinski definition) is 2. The summed E-state index contributed by atoms with van der Waals surface area (Å²) < 4.78 is 30.5. The lowest BCUT2D eigenvalue weighted by atomic mass is 9.77. The Bertz CT molecular complexity index is 1920. The molecule has 0 radical (unpaired) electrons. The van der Waals surface area contributed by atoms with E-state index in [4.69, 9.17) is 5.10 Å². The maximum absolute atomic E-state index is 14.2. The standard InChI is InChI=1S/C33H25F2N3.C7H12N2O/c1-32(34,35)30-23-24(21-22-36-30)31-28-19-11-12-20-29(28)38(37-31)33(25-13-5-2-6-14-25,26-15-7-3-8-16-26)27-17-9-4-10-18-27;10-6-7(5-8-9-6)3-1-2-4-7/h2-23H,1H3;8H,1-5H2,(H,9,10). The Morgan fingerprint density at radius 2 is 1.29 bits per heavy atom. The molecule has 4 aromatic carbocycles. The number of pyridine rings is 1. The number of aromatic nitrogens is 3. The molecule has 0 unspecified atom stereocenters. The van der Waals surface area contributed by atoms with Crippen molar-refractivity contribution in [3.63, 3.8) is 0 Å². The van der Waals surface area contributed by atoms with Crippen LogP contribution in [0.2, 0.25) is 0 Å². The lowest BCUT2D eigenvalue weighted by Gasteiger charge is -2.37. The Balaban J connectivity index is 0.000000310. The van der Waals surface area contributed by atoms with E-state index in [1.54, 1.807) is 6.07 Å². The first-order valence-corrected chi connectivity index (χ1v) is 16.4. The van der Waals surface area contributed by atoms with E-state index in [2.05, 4.69) is 52.2 Å². The fourth-order valence-corrected chi connectivity index (χ4v) is 7.22. The summed E-state index contributed by atoms with van der Waals surface area (Å²) in [5.41, 5.74) is 9.66. The van der Waals surface area contributed by atoms with Gasteiger partial charge in [-0.2, -0.15) is 13.9 Å². The van der Waals surface area contributed by atoms with Crippen molar-refractivity contribution in [1.29, 1.82) is 0 Å². The van der Waals surface area contributed by atoms with E-state index >= 15 is 0 Å². The Hall–Kier alpha value is -5.21. The van der Waals surface area contributed by atoms with Crippen LogP contribution in [-0.2, 0) is 16.3 Å². The summed E-state index contributed by atoms with van der Waals surface area (Å²) >= 11 is 0. The van der Waals surface area contributed by atoms with E-state index in [9.17, 15) is 13.6 Å². The molecule has 1 saturated heterocycles. The first kappa shape index (κ1) is 31.4. The number of alkyl halides is 2. The summed E-state index contributed by atoms with van der Waals surface area (Å²) in [7, 11) is 0. The van der Waals surface area contributed by atoms with Crippen molar-refractivity contribution in [2.45, 2.75) is 44.1 Å². The fourth-order valence-electron chi connectivity index (χ4n) is 7.22. The third kappa shape index (κ3) is 5.56. The molecule has 1 spiro atoms. The van der Waals surface area contributed by atoms with Gasteiger partial charge in [-0.25, -0.2) is 10.1 Å². The summed E-state index contributed by atoms with van der Waals surface area (Å²) in [5, 5.41) is 6.10. The predicted octanol–water partition coefficient (Wildman–Crippen LogP) is 8.23. The van der Waals surface area contributed by atoms with Gasteiger partial charge in [-0.05, 0) is 47.7 Å². The largest absolute Gasteiger partial charge is 0.291 e. The molecular formula is C40H37F2N5O. The number of carbonyl (C=O) groups is 1. The molecule has 6 nitrogen and oxygen atoms in total. The van der Waals surface area contributed by atoms with Gasteiger partial charge >= 0.3 is 0 Å². The maximum atomic E-state index is 14.2. The van der Waals surface area contributed by atoms with Gasteiger partial charge < -0.3 is 0 Å². The Labute approximate surface area is 278 Å². The summed E-state index contributed by atoms with van der Waals surface area (Å²) in [4.78, 5) is 15.2. The van der Waals surface area contributed by atoms with E-state index in [1.165, 1.54) is 25.1 Å². The molecule has 2 aromatic heterocycles. The molecule has 2 fully saturated rings. The molecule has 1 aliphatic carbocycles. The molecule has 0 bridgehead atoms. The van der Waals surface area contributed by atoms with Gasteiger partial charge in [-0.15, -0.1) is 0 Å². The monoisotopic (exact) mass is 641 g/mol. The van der Waals surface area contributed by atoms with Gasteiger partial charge in [0.15, 0.2) is 0 Å². The molecule has 6 aromatic rings. The van der Waals surface area contributed by atoms with E-state index < -0.39 is 11.5 Å². The van der Waals surface area contributed by atoms with Gasteiger partial charge in [-0.3, -0.25) is 15.2 Å². The van der Waals surface area contributed by atoms with Crippen LogP contribution in [-0.4, -0.2) is 27.2 Å². The number of hydrogen-bond acceptors (Lipinski definition) is 4. The number of halogens is 2. The maximum Gasteiger partial charge on any atom is 0.286 e. The number of rotatable bonds is 6. The molecule has 1 aliphatic heterocycles. The molecule has 1 saturated carbocycles. The number of para-hydroxylation sites is 1. The lowest BCUT2D eigenvalue weighted by molar-refractivity contribution is -0.127. The molecule has 2 aliphatic rings. The molecule has 242 valence electrons. The molecule has 1 amide bonds. The predicted molar refractivity (Wildman–Crippen MR) is 184 cm³/mol. The van der Waals surface area contributed by atoms with E-state index in [0.29, 0.717) is 11.3 Å². The van der Waals surface area contributed by atoms with Crippen molar-refractivity contribution < 1.29 is 13.6 Å². The smallest absolute Gasteiger partial charge is 0.286 e. The summed E-state index contributed by atoms with van der Waals surface area (Å²) in [6, 6.07) is 42.0. The molecule has 8 heteroatoms. The average Bonchev–Trinajstić information content (AvgIpc) is 3.86. The first-order valence-electron chi connectivity index (χ1n) is 16.4. The minimum atomic E-state index is -3.06. The van der Waals surface area contributed by atoms with Crippen LogP contribution < -0.4 is 10.9 Å². The number of carbonyl (C=O) groups excluding carboxylic acids is 1. The van der Waals surface area contributed by atoms with E-state index in [1.807, 2.05) is 83.5 Å². The number of fused-ring (bicyclic) bond motifs is 1. The average molecular weight is 642 g/mol. The second-order valence-electron chi connectivity index (χ2n) is 12.7. The quantitative estimate of drug-likeness (QED) is 0.180. The van der Waals surface area contributed by atoms with Gasteiger partial charge in [0, 0.05) is 30.6 Å². The van der Waals surface area contributed by atoms with Crippen molar-refractivity contribution in [3.05, 3.63) is 156 Å². The van der Waals surface area contributed by atoms with Gasteiger partial charge in [0.05, 0.1) is 10.9 Å². The Kier molecular flexibility index (Phi) is 8.35. The molecule has 8 rings (SSSR count). The third-order valence-corrected chi connectivity index (χ3v) is 9.63. The Morgan fingerprint density at radius 1 is 0.750 bits per heavy atom. The van der Waals surface area contributed by atoms with Crippen molar-refractivity contribution >= 4 is 16.8 Å². The summed E-state index contributed by atoms with van der Waals surface area (Å²) in [6.07, 6.45) is 6.01. The van der Waals surface area contributed by atoms with Gasteiger partial charge in [0.2, 0.25) is 5.91 Å². The highest BCUT2D eigenvalue weighted by Crippen LogP contribution is 2.44. The number of hydrazine groups is 1. The minimum absolute atomic E-state index is 0.0139. The molecular weight excluding hydrogens is 604 g/mol. The van der Waals surface area contributed by atoms with Crippen LogP contribution in [0.3, 0.4) is 0 Å². The first-order chi connectivity index (χ1) is 23.3. The zero-order chi connectivity index (χ0) is 33.2. The van der Waals surface area contributed by atoms with Crippen LogP contribution in [0.25, 0.3) is 22.2 Å². The summed E-state index contributed by atoms with van der Waals surface area (Å²) in [6.45, 7) is 1.70. The van der Waals surface area contributed by atoms with Gasteiger partial charge in [0.1, 0.15) is 16.9 Å². The van der Waals surface area contributed by atoms with Crippen molar-refractivity contribution in [1.82, 2.24) is 25.6 Å². The highest BCUT2D eigenvalue weighted by Gasteiger charge is 2.44. The number of nitrogens with one attached hydrogen (secondary N) is 2. The summed E-state index contributed by atoms with van der Waals surface area (Å²) in [5.74, 6) is -2.85. The van der Waals surface area contributed by atoms with Crippen molar-refractivity contribution in [3.8, 4) is 11.3 Å². The molecule has 0 atom stereocenters. The van der Waals surface area contributed by atoms with E-state index in [0.717, 1.165) is 53.9 Å². The topological polar surface area (TPSA) is 71.8 Å². The lowest BCUT2D eigenvalue weighted by Crippen LogP contribution is -2.38. The second kappa shape index (κ2) is 12.8. The highest BCUT2D eigenvalue weighted by molar-refractivity contribution is 5.94. The minimum Gasteiger partial charge on any atom is -0.291 e. The van der Waals surface area contributed by atoms with Gasteiger partial charge in [0.25, 0.3) is 5.92 Å².